The van der Waals surface area contributed by atoms with Gasteiger partial charge >= 0.3 is 0 Å². The van der Waals surface area contributed by atoms with E-state index in [-0.39, 0.29) is 29.1 Å². The molecule has 1 aromatic rings. The minimum atomic E-state index is -0.442. The molecule has 19 heavy (non-hydrogen) atoms. The predicted octanol–water partition coefficient (Wildman–Crippen LogP) is 4.30. The fraction of sp³-hybridized carbons (Fsp3) is 0.571. The lowest BCUT2D eigenvalue weighted by atomic mass is 9.81. The minimum Gasteiger partial charge on any atom is -0.375 e. The van der Waals surface area contributed by atoms with Crippen LogP contribution in [0.5, 0.6) is 0 Å². The second-order valence-electron chi connectivity index (χ2n) is 5.27. The second-order valence-corrected chi connectivity index (χ2v) is 6.51. The molecule has 5 heteroatoms. The number of halogens is 3. The zero-order chi connectivity index (χ0) is 14.3. The monoisotopic (exact) mass is 349 g/mol. The topological polar surface area (TPSA) is 35.2 Å². The van der Waals surface area contributed by atoms with Crippen LogP contribution in [0.1, 0.15) is 32.4 Å². The molecule has 0 aromatic heterocycles. The zero-order valence-electron chi connectivity index (χ0n) is 11.2. The van der Waals surface area contributed by atoms with Crippen LogP contribution in [0.15, 0.2) is 16.6 Å². The average Bonchev–Trinajstić information content (AvgIpc) is 2.60. The SMILES string of the molecule is CC1OC(C)C(C(N)c2ccc(Br)c(Cl)c2F)C1C. The first-order chi connectivity index (χ1) is 8.84. The van der Waals surface area contributed by atoms with Crippen molar-refractivity contribution in [3.8, 4) is 0 Å². The third-order valence-electron chi connectivity index (χ3n) is 4.16. The van der Waals surface area contributed by atoms with Gasteiger partial charge in [-0.1, -0.05) is 24.6 Å². The molecule has 5 atom stereocenters. The summed E-state index contributed by atoms with van der Waals surface area (Å²) in [6, 6.07) is 3.01. The van der Waals surface area contributed by atoms with Gasteiger partial charge in [-0.2, -0.15) is 0 Å². The van der Waals surface area contributed by atoms with Crippen molar-refractivity contribution in [3.63, 3.8) is 0 Å². The zero-order valence-corrected chi connectivity index (χ0v) is 13.5. The fourth-order valence-corrected chi connectivity index (χ4v) is 3.40. The number of nitrogens with two attached hydrogens (primary N) is 1. The summed E-state index contributed by atoms with van der Waals surface area (Å²) < 4.78 is 20.6. The van der Waals surface area contributed by atoms with E-state index in [1.54, 1.807) is 12.1 Å². The maximum Gasteiger partial charge on any atom is 0.147 e. The third-order valence-corrected chi connectivity index (χ3v) is 5.42. The van der Waals surface area contributed by atoms with E-state index in [1.165, 1.54) is 0 Å². The summed E-state index contributed by atoms with van der Waals surface area (Å²) in [5.41, 5.74) is 6.72. The Bertz CT molecular complexity index is 485. The Kier molecular flexibility index (Phi) is 4.56. The van der Waals surface area contributed by atoms with Gasteiger partial charge in [-0.15, -0.1) is 0 Å². The molecule has 0 radical (unpaired) electrons. The first-order valence-electron chi connectivity index (χ1n) is 6.39. The summed E-state index contributed by atoms with van der Waals surface area (Å²) in [6.45, 7) is 6.11. The van der Waals surface area contributed by atoms with Gasteiger partial charge in [-0.3, -0.25) is 0 Å². The average molecular weight is 351 g/mol. The van der Waals surface area contributed by atoms with Gasteiger partial charge in [-0.25, -0.2) is 4.39 Å². The fourth-order valence-electron chi connectivity index (χ4n) is 2.92. The van der Waals surface area contributed by atoms with Gasteiger partial charge < -0.3 is 10.5 Å². The van der Waals surface area contributed by atoms with Crippen molar-refractivity contribution in [3.05, 3.63) is 33.0 Å². The van der Waals surface area contributed by atoms with Crippen molar-refractivity contribution >= 4 is 27.5 Å². The molecule has 2 nitrogen and oxygen atoms in total. The Hall–Kier alpha value is -0.160. The molecule has 1 aromatic carbocycles. The predicted molar refractivity (Wildman–Crippen MR) is 78.7 cm³/mol. The number of hydrogen-bond donors (Lipinski definition) is 1. The molecule has 0 spiro atoms. The lowest BCUT2D eigenvalue weighted by Crippen LogP contribution is -2.31. The van der Waals surface area contributed by atoms with Crippen LogP contribution in [0.4, 0.5) is 4.39 Å². The third kappa shape index (κ3) is 2.68. The molecule has 106 valence electrons. The molecule has 1 saturated heterocycles. The molecule has 0 bridgehead atoms. The molecule has 5 unspecified atom stereocenters. The molecule has 2 N–H and O–H groups in total. The number of hydrogen-bond acceptors (Lipinski definition) is 2. The first-order valence-corrected chi connectivity index (χ1v) is 7.56. The van der Waals surface area contributed by atoms with Gasteiger partial charge in [-0.05, 0) is 41.8 Å². The van der Waals surface area contributed by atoms with E-state index in [0.717, 1.165) is 0 Å². The summed E-state index contributed by atoms with van der Waals surface area (Å²) in [5, 5.41) is 0.0835. The van der Waals surface area contributed by atoms with Crippen LogP contribution < -0.4 is 5.73 Å². The van der Waals surface area contributed by atoms with E-state index >= 15 is 0 Å². The van der Waals surface area contributed by atoms with Gasteiger partial charge in [0.1, 0.15) is 5.82 Å². The minimum absolute atomic E-state index is 0.0156. The van der Waals surface area contributed by atoms with Crippen LogP contribution >= 0.6 is 27.5 Å². The number of rotatable bonds is 2. The number of ether oxygens (including phenoxy) is 1. The van der Waals surface area contributed by atoms with Crippen molar-refractivity contribution in [1.82, 2.24) is 0 Å². The van der Waals surface area contributed by atoms with Crippen molar-refractivity contribution < 1.29 is 9.13 Å². The first kappa shape index (κ1) is 15.2. The molecule has 1 aliphatic rings. The highest BCUT2D eigenvalue weighted by molar-refractivity contribution is 9.10. The molecular formula is C14H18BrClFNO. The van der Waals surface area contributed by atoms with Gasteiger partial charge in [0.25, 0.3) is 0 Å². The van der Waals surface area contributed by atoms with Gasteiger partial charge in [0, 0.05) is 22.0 Å². The Morgan fingerprint density at radius 1 is 1.32 bits per heavy atom. The Morgan fingerprint density at radius 3 is 2.47 bits per heavy atom. The highest BCUT2D eigenvalue weighted by Crippen LogP contribution is 2.41. The highest BCUT2D eigenvalue weighted by Gasteiger charge is 2.41. The maximum absolute atomic E-state index is 14.2. The van der Waals surface area contributed by atoms with E-state index < -0.39 is 11.9 Å². The maximum atomic E-state index is 14.2. The standard InChI is InChI=1S/C14H18BrClFNO/c1-6-7(2)19-8(3)11(6)14(18)9-4-5-10(15)12(16)13(9)17/h4-8,11,14H,18H2,1-3H3. The van der Waals surface area contributed by atoms with Crippen LogP contribution in [0.2, 0.25) is 5.02 Å². The second kappa shape index (κ2) is 5.68. The van der Waals surface area contributed by atoms with E-state index in [4.69, 9.17) is 22.1 Å². The lowest BCUT2D eigenvalue weighted by molar-refractivity contribution is 0.0488. The summed E-state index contributed by atoms with van der Waals surface area (Å²) in [4.78, 5) is 0. The van der Waals surface area contributed by atoms with Crippen LogP contribution in [-0.4, -0.2) is 12.2 Å². The van der Waals surface area contributed by atoms with E-state index in [1.807, 2.05) is 13.8 Å². The van der Waals surface area contributed by atoms with E-state index in [0.29, 0.717) is 10.0 Å². The summed E-state index contributed by atoms with van der Waals surface area (Å²) >= 11 is 9.13. The summed E-state index contributed by atoms with van der Waals surface area (Å²) in [5.74, 6) is -0.0731. The van der Waals surface area contributed by atoms with E-state index in [2.05, 4.69) is 22.9 Å². The normalized spacial score (nSPS) is 32.6. The number of benzene rings is 1. The highest BCUT2D eigenvalue weighted by atomic mass is 79.9. The van der Waals surface area contributed by atoms with Gasteiger partial charge in [0.15, 0.2) is 0 Å². The Labute approximate surface area is 126 Å². The molecule has 0 saturated carbocycles. The van der Waals surface area contributed by atoms with Gasteiger partial charge in [0.05, 0.1) is 17.2 Å². The van der Waals surface area contributed by atoms with Crippen LogP contribution in [-0.2, 0) is 4.74 Å². The molecule has 1 fully saturated rings. The van der Waals surface area contributed by atoms with E-state index in [9.17, 15) is 4.39 Å². The van der Waals surface area contributed by atoms with Crippen LogP contribution in [0.25, 0.3) is 0 Å². The van der Waals surface area contributed by atoms with Crippen LogP contribution in [0.3, 0.4) is 0 Å². The summed E-state index contributed by atoms with van der Waals surface area (Å²) in [7, 11) is 0. The largest absolute Gasteiger partial charge is 0.375 e. The lowest BCUT2D eigenvalue weighted by Gasteiger charge is -2.26. The van der Waals surface area contributed by atoms with Crippen molar-refractivity contribution in [2.24, 2.45) is 17.6 Å². The summed E-state index contributed by atoms with van der Waals surface area (Å²) in [6.07, 6.45) is 0.154. The Balaban J connectivity index is 2.35. The van der Waals surface area contributed by atoms with Crippen molar-refractivity contribution in [1.29, 1.82) is 0 Å². The smallest absolute Gasteiger partial charge is 0.147 e. The Morgan fingerprint density at radius 2 is 1.95 bits per heavy atom. The van der Waals surface area contributed by atoms with Crippen molar-refractivity contribution in [2.45, 2.75) is 39.0 Å². The molecule has 2 rings (SSSR count). The molecular weight excluding hydrogens is 333 g/mol. The molecule has 0 aliphatic carbocycles. The van der Waals surface area contributed by atoms with Gasteiger partial charge in [0.2, 0.25) is 0 Å². The quantitative estimate of drug-likeness (QED) is 0.807. The van der Waals surface area contributed by atoms with Crippen LogP contribution in [0, 0.1) is 17.7 Å². The molecule has 1 aliphatic heterocycles. The van der Waals surface area contributed by atoms with Crippen molar-refractivity contribution in [2.75, 3.05) is 0 Å². The molecule has 1 heterocycles. The molecule has 0 amide bonds.